The topological polar surface area (TPSA) is 61.2 Å². The molecule has 0 spiro atoms. The van der Waals surface area contributed by atoms with E-state index in [-0.39, 0.29) is 36.6 Å². The smallest absolute Gasteiger partial charge is 0.399 e. The van der Waals surface area contributed by atoms with Crippen LogP contribution in [0.2, 0.25) is 0 Å². The molecule has 18 aromatic rings. The number of benzene rings is 14. The van der Waals surface area contributed by atoms with Crippen LogP contribution in [0.1, 0.15) is 66.5 Å². The van der Waals surface area contributed by atoms with Gasteiger partial charge in [-0.1, -0.05) is 200 Å². The summed E-state index contributed by atoms with van der Waals surface area (Å²) in [5.74, 6) is 0. The van der Waals surface area contributed by atoms with Gasteiger partial charge in [0.15, 0.2) is 0 Å². The molecule has 0 bridgehead atoms. The van der Waals surface area contributed by atoms with E-state index in [1.807, 2.05) is 35.1 Å². The van der Waals surface area contributed by atoms with E-state index in [4.69, 9.17) is 18.6 Å². The van der Waals surface area contributed by atoms with Crippen LogP contribution in [-0.2, 0) is 18.6 Å². The highest BCUT2D eigenvalue weighted by Gasteiger charge is 2.53. The van der Waals surface area contributed by atoms with Crippen LogP contribution in [0.3, 0.4) is 0 Å². The number of anilines is 6. The third-order valence-electron chi connectivity index (χ3n) is 23.9. The second-order valence-electron chi connectivity index (χ2n) is 32.1. The van der Waals surface area contributed by atoms with E-state index in [9.17, 15) is 0 Å². The third kappa shape index (κ3) is 12.9. The Kier molecular flexibility index (Phi) is 17.9. The molecule has 2 aliphatic rings. The summed E-state index contributed by atoms with van der Waals surface area (Å²) in [5.41, 5.74) is 22.8. The zero-order chi connectivity index (χ0) is 77.1. The number of aryl methyl sites for hydroxylation is 2. The molecule has 113 heavy (non-hydrogen) atoms. The summed E-state index contributed by atoms with van der Waals surface area (Å²) in [6.45, 7) is 21.2. The maximum Gasteiger partial charge on any atom is 0.494 e. The first-order valence-corrected chi connectivity index (χ1v) is 40.6. The number of aromatic nitrogens is 2. The molecule has 2 aliphatic heterocycles. The van der Waals surface area contributed by atoms with Gasteiger partial charge in [0.05, 0.1) is 33.4 Å². The molecule has 6 heterocycles. The van der Waals surface area contributed by atoms with E-state index in [2.05, 4.69) is 404 Å². The Labute approximate surface area is 669 Å². The average Bonchev–Trinajstić information content (AvgIpc) is 1.62. The third-order valence-corrected chi connectivity index (χ3v) is 26.3. The standard InChI is InChI=1S/C54H43BN2O2S.C47H41BN2O2S/c1-53(2)54(3,4)59-55(58-53)39-29-27-37(28-30-39)36-23-25-38(26-24-36)46-34-43(35-48-45-20-12-14-22-51(45)60-52(46)48)56(40-15-7-5-8-16-40)42-31-32-50-47(33-42)44-19-11-13-21-49(44)57(50)41-17-9-6-10-18-41;1-30-24-33(17-20-39(30)40-21-18-35(25-31(40)2)48-51-46(3,4)47(5,6)52-48)42-27-38(28-43-41-14-10-11-15-44(41)53-45(42)43)50(36-12-8-7-9-13-36)37-19-16-32-22-23-49-29-34(32)26-37/h5-35H,1-4H3;7-29H,1-6H3. The predicted octanol–water partition coefficient (Wildman–Crippen LogP) is 26.6. The van der Waals surface area contributed by atoms with Crippen molar-refractivity contribution in [2.45, 2.75) is 91.6 Å². The van der Waals surface area contributed by atoms with Gasteiger partial charge in [-0.15, -0.1) is 22.7 Å². The lowest BCUT2D eigenvalue weighted by atomic mass is 9.77. The van der Waals surface area contributed by atoms with E-state index in [0.29, 0.717) is 0 Å². The lowest BCUT2D eigenvalue weighted by molar-refractivity contribution is 0.00578. The average molecular weight is 1500 g/mol. The Balaban J connectivity index is 0.000000153. The number of para-hydroxylation sites is 4. The summed E-state index contributed by atoms with van der Waals surface area (Å²) in [4.78, 5) is 9.21. The number of nitrogens with zero attached hydrogens (tertiary/aromatic N) is 4. The summed E-state index contributed by atoms with van der Waals surface area (Å²) in [7, 11) is -0.761. The summed E-state index contributed by atoms with van der Waals surface area (Å²) in [6, 6.07) is 115. The molecule has 8 nitrogen and oxygen atoms in total. The molecule has 0 aliphatic carbocycles. The minimum Gasteiger partial charge on any atom is -0.399 e. The van der Waals surface area contributed by atoms with E-state index < -0.39 is 0 Å². The van der Waals surface area contributed by atoms with Gasteiger partial charge in [-0.2, -0.15) is 0 Å². The Morgan fingerprint density at radius 2 is 0.743 bits per heavy atom. The Morgan fingerprint density at radius 3 is 1.31 bits per heavy atom. The predicted molar refractivity (Wildman–Crippen MR) is 480 cm³/mol. The van der Waals surface area contributed by atoms with E-state index in [1.54, 1.807) is 0 Å². The van der Waals surface area contributed by atoms with E-state index >= 15 is 0 Å². The molecule has 2 saturated heterocycles. The number of rotatable bonds is 13. The molecule has 0 unspecified atom stereocenters. The van der Waals surface area contributed by atoms with Crippen molar-refractivity contribution in [3.8, 4) is 50.2 Å². The van der Waals surface area contributed by atoms with Crippen molar-refractivity contribution in [3.63, 3.8) is 0 Å². The van der Waals surface area contributed by atoms with Crippen molar-refractivity contribution in [1.82, 2.24) is 9.55 Å². The first-order chi connectivity index (χ1) is 54.8. The van der Waals surface area contributed by atoms with Gasteiger partial charge in [0.2, 0.25) is 0 Å². The number of fused-ring (bicyclic) bond motifs is 10. The van der Waals surface area contributed by atoms with Crippen molar-refractivity contribution in [2.24, 2.45) is 0 Å². The van der Waals surface area contributed by atoms with E-state index in [1.165, 1.54) is 112 Å². The van der Waals surface area contributed by atoms with E-state index in [0.717, 1.165) is 67.3 Å². The van der Waals surface area contributed by atoms with Crippen LogP contribution in [0, 0.1) is 13.8 Å². The van der Waals surface area contributed by atoms with Gasteiger partial charge >= 0.3 is 14.2 Å². The normalized spacial score (nSPS) is 14.9. The maximum absolute atomic E-state index is 6.37. The molecule has 0 N–H and O–H groups in total. The highest BCUT2D eigenvalue weighted by molar-refractivity contribution is 7.26. The second-order valence-corrected chi connectivity index (χ2v) is 34.2. The molecule has 0 radical (unpaired) electrons. The van der Waals surface area contributed by atoms with Crippen molar-refractivity contribution in [2.75, 3.05) is 9.80 Å². The molecule has 14 aromatic carbocycles. The van der Waals surface area contributed by atoms with Crippen LogP contribution in [0.15, 0.2) is 328 Å². The van der Waals surface area contributed by atoms with Crippen LogP contribution >= 0.6 is 22.7 Å². The van der Waals surface area contributed by atoms with Crippen molar-refractivity contribution in [3.05, 3.63) is 339 Å². The molecular weight excluding hydrogens is 1420 g/mol. The fraction of sp³-hybridized carbons (Fsp3) is 0.139. The van der Waals surface area contributed by atoms with Crippen LogP contribution in [0.5, 0.6) is 0 Å². The van der Waals surface area contributed by atoms with Gasteiger partial charge in [0.25, 0.3) is 0 Å². The molecule has 0 saturated carbocycles. The molecule has 20 rings (SSSR count). The lowest BCUT2D eigenvalue weighted by Crippen LogP contribution is -2.41. The molecule has 0 amide bonds. The summed E-state index contributed by atoms with van der Waals surface area (Å²) >= 11 is 3.74. The van der Waals surface area contributed by atoms with Crippen LogP contribution in [0.25, 0.3) is 123 Å². The van der Waals surface area contributed by atoms with Gasteiger partial charge in [0, 0.05) is 120 Å². The number of thiophene rings is 2. The van der Waals surface area contributed by atoms with Crippen LogP contribution in [-0.4, -0.2) is 46.2 Å². The first kappa shape index (κ1) is 71.6. The second kappa shape index (κ2) is 28.2. The monoisotopic (exact) mass is 1500 g/mol. The largest absolute Gasteiger partial charge is 0.494 e. The van der Waals surface area contributed by atoms with Gasteiger partial charge in [-0.05, 0) is 245 Å². The molecule has 4 aromatic heterocycles. The highest BCUT2D eigenvalue weighted by atomic mass is 32.1. The lowest BCUT2D eigenvalue weighted by Gasteiger charge is -2.32. The van der Waals surface area contributed by atoms with Crippen LogP contribution in [0.4, 0.5) is 34.1 Å². The Morgan fingerprint density at radius 1 is 0.310 bits per heavy atom. The van der Waals surface area contributed by atoms with Gasteiger partial charge < -0.3 is 33.0 Å². The fourth-order valence-corrected chi connectivity index (χ4v) is 18.9. The van der Waals surface area contributed by atoms with Crippen LogP contribution < -0.4 is 20.7 Å². The van der Waals surface area contributed by atoms with Gasteiger partial charge in [-0.25, -0.2) is 0 Å². The molecule has 2 fully saturated rings. The summed E-state index contributed by atoms with van der Waals surface area (Å²) in [6.07, 6.45) is 3.80. The van der Waals surface area contributed by atoms with Crippen molar-refractivity contribution in [1.29, 1.82) is 0 Å². The van der Waals surface area contributed by atoms with Crippen molar-refractivity contribution < 1.29 is 18.6 Å². The zero-order valence-electron chi connectivity index (χ0n) is 65.1. The minimum absolute atomic E-state index is 0.376. The molecule has 550 valence electrons. The highest BCUT2D eigenvalue weighted by Crippen LogP contribution is 2.50. The van der Waals surface area contributed by atoms with Crippen molar-refractivity contribution >= 4 is 155 Å². The Bertz CT molecular complexity index is 6660. The summed E-state index contributed by atoms with van der Waals surface area (Å²) < 4.78 is 32.9. The number of hydrogen-bond donors (Lipinski definition) is 0. The number of pyridine rings is 1. The quantitative estimate of drug-likeness (QED) is 0.107. The number of hydrogen-bond acceptors (Lipinski definition) is 9. The summed E-state index contributed by atoms with van der Waals surface area (Å²) in [5, 5.41) is 9.80. The Hall–Kier alpha value is -11.7. The molecular formula is C101H84B2N4O4S2. The van der Waals surface area contributed by atoms with Gasteiger partial charge in [0.1, 0.15) is 0 Å². The van der Waals surface area contributed by atoms with Gasteiger partial charge in [-0.3, -0.25) is 4.98 Å². The first-order valence-electron chi connectivity index (χ1n) is 39.0. The fourth-order valence-electron chi connectivity index (χ4n) is 16.4. The maximum atomic E-state index is 6.37. The minimum atomic E-state index is -0.381. The molecule has 12 heteroatoms. The SMILES string of the molecule is CC1(C)OB(c2ccc(-c3ccc(-c4cc(N(c5ccccc5)c5ccc6c(c5)c5ccccc5n6-c5ccccc5)cc5c4sc4ccccc45)cc3)cc2)OC1(C)C.Cc1cc(B2OC(C)(C)C(C)(C)O2)ccc1-c1ccc(-c2cc(N(c3ccccc3)c3ccc4ccncc4c3)cc3c2sc2ccccc23)cc1C. The molecule has 0 atom stereocenters. The zero-order valence-corrected chi connectivity index (χ0v) is 66.7.